The zero-order valence-electron chi connectivity index (χ0n) is 14.2. The molecule has 0 saturated heterocycles. The molecule has 0 aliphatic carbocycles. The van der Waals surface area contributed by atoms with E-state index in [2.05, 4.69) is 34.9 Å². The van der Waals surface area contributed by atoms with Crippen molar-refractivity contribution in [3.8, 4) is 11.5 Å². The number of nitrogens with one attached hydrogen (secondary N) is 2. The van der Waals surface area contributed by atoms with E-state index in [4.69, 9.17) is 15.2 Å². The predicted octanol–water partition coefficient (Wildman–Crippen LogP) is 3.78. The van der Waals surface area contributed by atoms with Gasteiger partial charge in [0.15, 0.2) is 5.75 Å². The maximum absolute atomic E-state index is 5.86. The van der Waals surface area contributed by atoms with Crippen molar-refractivity contribution in [3.63, 3.8) is 0 Å². The average Bonchev–Trinajstić information content (AvgIpc) is 2.57. The van der Waals surface area contributed by atoms with Gasteiger partial charge in [-0.2, -0.15) is 0 Å². The van der Waals surface area contributed by atoms with Gasteiger partial charge in [0, 0.05) is 13.1 Å². The smallest absolute Gasteiger partial charge is 0.150 e. The maximum atomic E-state index is 5.86. The van der Waals surface area contributed by atoms with Crippen molar-refractivity contribution in [2.24, 2.45) is 5.73 Å². The molecule has 5 nitrogen and oxygen atoms in total. The second kappa shape index (κ2) is 9.42. The van der Waals surface area contributed by atoms with Crippen LogP contribution in [-0.2, 0) is 13.1 Å². The van der Waals surface area contributed by atoms with E-state index < -0.39 is 0 Å². The molecule has 136 valence electrons. The molecule has 0 aromatic heterocycles. The summed E-state index contributed by atoms with van der Waals surface area (Å²) in [7, 11) is 1.67. The van der Waals surface area contributed by atoms with Crippen LogP contribution in [0.3, 0.4) is 0 Å². The summed E-state index contributed by atoms with van der Waals surface area (Å²) >= 11 is 0. The molecule has 4 N–H and O–H groups in total. The highest BCUT2D eigenvalue weighted by atomic mass is 35.5. The van der Waals surface area contributed by atoms with Crippen molar-refractivity contribution in [2.45, 2.75) is 20.0 Å². The number of methoxy groups -OCH3 is 1. The first-order chi connectivity index (χ1) is 11.2. The van der Waals surface area contributed by atoms with Crippen LogP contribution in [0.5, 0.6) is 11.5 Å². The highest BCUT2D eigenvalue weighted by Gasteiger charge is 2.14. The van der Waals surface area contributed by atoms with Crippen molar-refractivity contribution >= 4 is 30.5 Å². The van der Waals surface area contributed by atoms with Crippen molar-refractivity contribution in [1.82, 2.24) is 5.32 Å². The van der Waals surface area contributed by atoms with Gasteiger partial charge in [0.25, 0.3) is 0 Å². The molecule has 0 saturated carbocycles. The highest BCUT2D eigenvalue weighted by molar-refractivity contribution is 5.85. The fourth-order valence-electron chi connectivity index (χ4n) is 2.42. The molecule has 0 unspecified atom stereocenters. The van der Waals surface area contributed by atoms with Crippen molar-refractivity contribution in [3.05, 3.63) is 65.2 Å². The van der Waals surface area contributed by atoms with Gasteiger partial charge in [-0.15, -0.1) is 24.8 Å². The van der Waals surface area contributed by atoms with E-state index in [1.807, 2.05) is 25.1 Å². The normalized spacial score (nSPS) is 12.1. The van der Waals surface area contributed by atoms with Crippen LogP contribution in [-0.4, -0.2) is 7.11 Å². The number of nitrogens with two attached hydrogens (primary N) is 1. The molecule has 0 atom stereocenters. The van der Waals surface area contributed by atoms with Crippen LogP contribution in [0.25, 0.3) is 0 Å². The van der Waals surface area contributed by atoms with E-state index in [1.165, 1.54) is 11.1 Å². The zero-order chi connectivity index (χ0) is 16.2. The summed E-state index contributed by atoms with van der Waals surface area (Å²) < 4.78 is 10.8. The van der Waals surface area contributed by atoms with Crippen molar-refractivity contribution in [2.75, 3.05) is 12.4 Å². The largest absolute Gasteiger partial charge is 0.497 e. The number of hydrogen-bond donors (Lipinski definition) is 3. The molecule has 1 aliphatic rings. The first-order valence-electron chi connectivity index (χ1n) is 7.53. The predicted molar refractivity (Wildman–Crippen MR) is 106 cm³/mol. The van der Waals surface area contributed by atoms with Crippen LogP contribution in [0.4, 0.5) is 5.69 Å². The van der Waals surface area contributed by atoms with E-state index in [1.54, 1.807) is 7.11 Å². The third-order valence-electron chi connectivity index (χ3n) is 3.77. The summed E-state index contributed by atoms with van der Waals surface area (Å²) in [6.07, 6.45) is 0. The number of anilines is 1. The van der Waals surface area contributed by atoms with Crippen LogP contribution in [0.2, 0.25) is 0 Å². The third-order valence-corrected chi connectivity index (χ3v) is 3.77. The van der Waals surface area contributed by atoms with Gasteiger partial charge in [-0.1, -0.05) is 18.2 Å². The standard InChI is InChI=1S/C18H21N3O2.2ClH/c1-12-18(19)21-16-9-14(5-8-17(16)23-12)11-20-10-13-3-6-15(22-2)7-4-13;;/h3-9,20-21H,10-11,19H2,1-2H3;2*1H. The molecule has 2 aromatic rings. The van der Waals surface area contributed by atoms with Gasteiger partial charge >= 0.3 is 0 Å². The van der Waals surface area contributed by atoms with E-state index in [-0.39, 0.29) is 24.8 Å². The quantitative estimate of drug-likeness (QED) is 0.732. The first-order valence-corrected chi connectivity index (χ1v) is 7.53. The monoisotopic (exact) mass is 383 g/mol. The molecule has 0 fully saturated rings. The zero-order valence-corrected chi connectivity index (χ0v) is 15.8. The second-order valence-electron chi connectivity index (χ2n) is 5.48. The minimum atomic E-state index is 0. The Labute approximate surface area is 160 Å². The molecule has 0 amide bonds. The maximum Gasteiger partial charge on any atom is 0.150 e. The Kier molecular flexibility index (Phi) is 7.90. The Balaban J connectivity index is 0.00000156. The molecule has 25 heavy (non-hydrogen) atoms. The molecule has 1 heterocycles. The molecule has 7 heteroatoms. The lowest BCUT2D eigenvalue weighted by Gasteiger charge is -2.21. The lowest BCUT2D eigenvalue weighted by atomic mass is 10.1. The Bertz CT molecular complexity index is 734. The third kappa shape index (κ3) is 5.19. The topological polar surface area (TPSA) is 68.5 Å². The number of halogens is 2. The van der Waals surface area contributed by atoms with Crippen LogP contribution in [0.15, 0.2) is 54.0 Å². The number of rotatable bonds is 5. The summed E-state index contributed by atoms with van der Waals surface area (Å²) in [5.74, 6) is 2.93. The molecule has 1 aliphatic heterocycles. The molecule has 0 bridgehead atoms. The van der Waals surface area contributed by atoms with Crippen LogP contribution >= 0.6 is 24.8 Å². The number of fused-ring (bicyclic) bond motifs is 1. The van der Waals surface area contributed by atoms with E-state index >= 15 is 0 Å². The second-order valence-corrected chi connectivity index (χ2v) is 5.48. The summed E-state index contributed by atoms with van der Waals surface area (Å²) in [6.45, 7) is 3.41. The summed E-state index contributed by atoms with van der Waals surface area (Å²) in [5.41, 5.74) is 9.14. The van der Waals surface area contributed by atoms with Crippen molar-refractivity contribution in [1.29, 1.82) is 0 Å². The Morgan fingerprint density at radius 1 is 1.04 bits per heavy atom. The average molecular weight is 384 g/mol. The van der Waals surface area contributed by atoms with Gasteiger partial charge in [0.1, 0.15) is 17.3 Å². The summed E-state index contributed by atoms with van der Waals surface area (Å²) in [6, 6.07) is 14.1. The van der Waals surface area contributed by atoms with E-state index in [9.17, 15) is 0 Å². The number of hydrogen-bond acceptors (Lipinski definition) is 5. The lowest BCUT2D eigenvalue weighted by molar-refractivity contribution is 0.414. The highest BCUT2D eigenvalue weighted by Crippen LogP contribution is 2.31. The first kappa shape index (κ1) is 21.0. The van der Waals surface area contributed by atoms with E-state index in [0.29, 0.717) is 11.6 Å². The Hall–Kier alpha value is -2.08. The van der Waals surface area contributed by atoms with Crippen LogP contribution in [0, 0.1) is 0 Å². The number of benzene rings is 2. The molecule has 3 rings (SSSR count). The van der Waals surface area contributed by atoms with Gasteiger partial charge in [0.2, 0.25) is 0 Å². The minimum absolute atomic E-state index is 0. The van der Waals surface area contributed by atoms with E-state index in [0.717, 1.165) is 30.3 Å². The number of allylic oxidation sites excluding steroid dienone is 1. The summed E-state index contributed by atoms with van der Waals surface area (Å²) in [4.78, 5) is 0. The van der Waals surface area contributed by atoms with Crippen LogP contribution in [0.1, 0.15) is 18.1 Å². The van der Waals surface area contributed by atoms with Gasteiger partial charge in [-0.3, -0.25) is 0 Å². The molecular weight excluding hydrogens is 361 g/mol. The SMILES string of the molecule is COc1ccc(CNCc2ccc3c(c2)NC(N)=C(C)O3)cc1.Cl.Cl. The molecule has 2 aromatic carbocycles. The fraction of sp³-hybridized carbons (Fsp3) is 0.222. The number of ether oxygens (including phenoxy) is 2. The van der Waals surface area contributed by atoms with Crippen molar-refractivity contribution < 1.29 is 9.47 Å². The van der Waals surface area contributed by atoms with Crippen LogP contribution < -0.4 is 25.8 Å². The fourth-order valence-corrected chi connectivity index (χ4v) is 2.42. The summed E-state index contributed by atoms with van der Waals surface area (Å²) in [5, 5.41) is 6.59. The van der Waals surface area contributed by atoms with Gasteiger partial charge in [-0.25, -0.2) is 0 Å². The van der Waals surface area contributed by atoms with Gasteiger partial charge < -0.3 is 25.8 Å². The van der Waals surface area contributed by atoms with Gasteiger partial charge in [-0.05, 0) is 42.3 Å². The molecular formula is C18H23Cl2N3O2. The Morgan fingerprint density at radius 3 is 2.36 bits per heavy atom. The molecule has 0 radical (unpaired) electrons. The lowest BCUT2D eigenvalue weighted by Crippen LogP contribution is -2.19. The molecule has 0 spiro atoms. The Morgan fingerprint density at radius 2 is 1.68 bits per heavy atom. The minimum Gasteiger partial charge on any atom is -0.497 e. The van der Waals surface area contributed by atoms with Gasteiger partial charge in [0.05, 0.1) is 12.8 Å².